The van der Waals surface area contributed by atoms with Crippen LogP contribution < -0.4 is 14.2 Å². The molecule has 0 atom stereocenters. The SMILES string of the molecule is C[NH+]1[BH2-][NH+](C)[BH2-][NH+](C)[BH2-]1. The molecule has 0 unspecified atom stereocenters. The topological polar surface area (TPSA) is 13.3 Å². The van der Waals surface area contributed by atoms with Crippen LogP contribution in [-0.4, -0.2) is 43.8 Å². The number of quaternary nitrogens is 3. The minimum absolute atomic E-state index is 0.363. The summed E-state index contributed by atoms with van der Waals surface area (Å²) in [5.41, 5.74) is 0. The van der Waals surface area contributed by atoms with Crippen LogP contribution in [0.2, 0.25) is 0 Å². The highest BCUT2D eigenvalue weighted by Gasteiger charge is 2.09. The monoisotopic (exact) mass is 129 g/mol. The molecule has 0 aromatic rings. The maximum absolute atomic E-state index is 2.39. The predicted molar refractivity (Wildman–Crippen MR) is 46.3 cm³/mol. The second-order valence-electron chi connectivity index (χ2n) is 5.25. The maximum atomic E-state index is 2.39. The fourth-order valence-corrected chi connectivity index (χ4v) is 3.38. The van der Waals surface area contributed by atoms with E-state index >= 15 is 0 Å². The van der Waals surface area contributed by atoms with Gasteiger partial charge in [-0.05, 0) is 21.1 Å². The fraction of sp³-hybridized carbons (Fsp3) is 1.00. The van der Waals surface area contributed by atoms with Crippen LogP contribution in [0.25, 0.3) is 0 Å². The predicted octanol–water partition coefficient (Wildman–Crippen LogP) is -7.46. The van der Waals surface area contributed by atoms with E-state index < -0.39 is 0 Å². The minimum atomic E-state index is 0.363. The maximum Gasteiger partial charge on any atom is 0.309 e. The summed E-state index contributed by atoms with van der Waals surface area (Å²) in [6.45, 7) is 0. The smallest absolute Gasteiger partial charge is 0.309 e. The molecule has 1 saturated heterocycles. The number of hydrogen-bond acceptors (Lipinski definition) is 0. The van der Waals surface area contributed by atoms with Gasteiger partial charge in [-0.2, -0.15) is 0 Å². The first kappa shape index (κ1) is 7.19. The Bertz CT molecular complexity index is 75.3. The van der Waals surface area contributed by atoms with Crippen LogP contribution in [0, 0.1) is 0 Å². The van der Waals surface area contributed by atoms with Crippen LogP contribution in [0.15, 0.2) is 0 Å². The van der Waals surface area contributed by atoms with E-state index in [2.05, 4.69) is 21.1 Å². The van der Waals surface area contributed by atoms with Gasteiger partial charge in [0.2, 0.25) is 0 Å². The molecule has 0 radical (unpaired) electrons. The lowest BCUT2D eigenvalue weighted by Crippen LogP contribution is -3.52. The molecule has 3 nitrogen and oxygen atoms in total. The lowest BCUT2D eigenvalue weighted by Gasteiger charge is -2.48. The van der Waals surface area contributed by atoms with Crippen LogP contribution in [0.4, 0.5) is 0 Å². The van der Waals surface area contributed by atoms with Gasteiger partial charge in [-0.1, -0.05) is 0 Å². The highest BCUT2D eigenvalue weighted by atomic mass is 15.2. The summed E-state index contributed by atoms with van der Waals surface area (Å²) in [5.74, 6) is 0. The Morgan fingerprint density at radius 1 is 0.667 bits per heavy atom. The zero-order valence-corrected chi connectivity index (χ0v) is 7.50. The van der Waals surface area contributed by atoms with Crippen molar-refractivity contribution in [2.45, 2.75) is 0 Å². The molecule has 1 aliphatic heterocycles. The second-order valence-corrected chi connectivity index (χ2v) is 5.25. The molecule has 0 aromatic heterocycles. The molecule has 1 heterocycles. The zero-order chi connectivity index (χ0) is 6.85. The van der Waals surface area contributed by atoms with Gasteiger partial charge >= 0.3 is 22.6 Å². The fourth-order valence-electron chi connectivity index (χ4n) is 3.38. The highest BCUT2D eigenvalue weighted by molar-refractivity contribution is 6.41. The van der Waals surface area contributed by atoms with Crippen LogP contribution in [0.1, 0.15) is 0 Å². The van der Waals surface area contributed by atoms with Crippen molar-refractivity contribution in [2.24, 2.45) is 0 Å². The van der Waals surface area contributed by atoms with Gasteiger partial charge in [-0.15, -0.1) is 0 Å². The van der Waals surface area contributed by atoms with Crippen molar-refractivity contribution in [2.75, 3.05) is 21.1 Å². The van der Waals surface area contributed by atoms with Crippen molar-refractivity contribution in [3.8, 4) is 0 Å². The largest absolute Gasteiger partial charge is 0.639 e. The molecule has 6 heteroatoms. The third kappa shape index (κ3) is 2.04. The third-order valence-electron chi connectivity index (χ3n) is 3.00. The lowest BCUT2D eigenvalue weighted by molar-refractivity contribution is -0.877. The molecule has 1 aliphatic rings. The molecular weight excluding hydrogens is 110 g/mol. The summed E-state index contributed by atoms with van der Waals surface area (Å²) in [6.07, 6.45) is 0. The molecule has 0 aromatic carbocycles. The Morgan fingerprint density at radius 3 is 1.11 bits per heavy atom. The summed E-state index contributed by atoms with van der Waals surface area (Å²) in [4.78, 5) is 0. The van der Waals surface area contributed by atoms with Crippen molar-refractivity contribution in [3.05, 3.63) is 0 Å². The van der Waals surface area contributed by atoms with Crippen molar-refractivity contribution < 1.29 is 14.2 Å². The molecule has 0 amide bonds. The van der Waals surface area contributed by atoms with Crippen LogP contribution >= 0.6 is 0 Å². The van der Waals surface area contributed by atoms with Crippen molar-refractivity contribution in [3.63, 3.8) is 0 Å². The lowest BCUT2D eigenvalue weighted by atomic mass is 9.76. The van der Waals surface area contributed by atoms with E-state index in [9.17, 15) is 0 Å². The zero-order valence-electron chi connectivity index (χ0n) is 7.50. The molecule has 0 saturated carbocycles. The average molecular weight is 129 g/mol. The summed E-state index contributed by atoms with van der Waals surface area (Å²) in [6, 6.07) is 0. The summed E-state index contributed by atoms with van der Waals surface area (Å²) in [7, 11) is 8.25. The molecule has 1 fully saturated rings. The minimum Gasteiger partial charge on any atom is -0.639 e. The van der Waals surface area contributed by atoms with Gasteiger partial charge in [0.05, 0.1) is 0 Å². The molecule has 3 N–H and O–H groups in total. The van der Waals surface area contributed by atoms with Gasteiger partial charge in [-0.3, -0.25) is 0 Å². The molecule has 0 bridgehead atoms. The Morgan fingerprint density at radius 2 is 0.889 bits per heavy atom. The number of hydrogen-bond donors (Lipinski definition) is 3. The van der Waals surface area contributed by atoms with Gasteiger partial charge in [-0.25, -0.2) is 0 Å². The second kappa shape index (κ2) is 2.77. The van der Waals surface area contributed by atoms with E-state index in [1.807, 2.05) is 14.2 Å². The van der Waals surface area contributed by atoms with Crippen molar-refractivity contribution in [1.29, 1.82) is 0 Å². The highest BCUT2D eigenvalue weighted by Crippen LogP contribution is 1.24. The van der Waals surface area contributed by atoms with E-state index in [1.165, 1.54) is 0 Å². The van der Waals surface area contributed by atoms with Crippen molar-refractivity contribution in [1.82, 2.24) is 0 Å². The molecule has 0 aliphatic carbocycles. The normalized spacial score (nSPS) is 45.0. The molecule has 1 rings (SSSR count). The summed E-state index contributed by atoms with van der Waals surface area (Å²) < 4.78 is 5.75. The Labute approximate surface area is 58.8 Å². The first-order valence-electron chi connectivity index (χ1n) is 4.50. The van der Waals surface area contributed by atoms with E-state index in [0.29, 0.717) is 22.6 Å². The van der Waals surface area contributed by atoms with Crippen LogP contribution in [0.5, 0.6) is 0 Å². The average Bonchev–Trinajstić information content (AvgIpc) is 1.59. The van der Waals surface area contributed by atoms with Gasteiger partial charge in [0.1, 0.15) is 0 Å². The van der Waals surface area contributed by atoms with E-state index in [0.717, 1.165) is 0 Å². The first-order valence-corrected chi connectivity index (χ1v) is 4.50. The Balaban J connectivity index is 2.34. The van der Waals surface area contributed by atoms with E-state index in [-0.39, 0.29) is 0 Å². The Hall–Kier alpha value is 0.0748. The van der Waals surface area contributed by atoms with Gasteiger partial charge in [0.15, 0.2) is 0 Å². The third-order valence-corrected chi connectivity index (χ3v) is 3.00. The molecule has 9 heavy (non-hydrogen) atoms. The Kier molecular flexibility index (Phi) is 2.21. The summed E-state index contributed by atoms with van der Waals surface area (Å²) in [5, 5.41) is 0. The van der Waals surface area contributed by atoms with Gasteiger partial charge < -0.3 is 14.2 Å². The van der Waals surface area contributed by atoms with Gasteiger partial charge in [0.25, 0.3) is 0 Å². The summed E-state index contributed by atoms with van der Waals surface area (Å²) >= 11 is 0. The first-order chi connectivity index (χ1) is 4.18. The van der Waals surface area contributed by atoms with E-state index in [1.54, 1.807) is 0 Å². The quantitative estimate of drug-likeness (QED) is 0.269. The number of nitrogens with one attached hydrogen (secondary N) is 3. The standard InChI is InChI=1S/C3H18B3N3/c1-7-4-8(2)6-9(3)5-7/h7-9H,4-6H2,1-3H3. The molecule has 54 valence electrons. The van der Waals surface area contributed by atoms with Crippen LogP contribution in [0.3, 0.4) is 0 Å². The van der Waals surface area contributed by atoms with Crippen molar-refractivity contribution >= 4 is 22.6 Å². The van der Waals surface area contributed by atoms with E-state index in [4.69, 9.17) is 0 Å². The number of rotatable bonds is 0. The molecule has 0 spiro atoms. The molecular formula is C3H18B3N3. The van der Waals surface area contributed by atoms with Gasteiger partial charge in [0, 0.05) is 0 Å². The van der Waals surface area contributed by atoms with Crippen LogP contribution in [-0.2, 0) is 0 Å².